The number of hydrogen-bond acceptors (Lipinski definition) is 6. The molecule has 29 heavy (non-hydrogen) atoms. The summed E-state index contributed by atoms with van der Waals surface area (Å²) in [5.41, 5.74) is 1.70. The third-order valence-corrected chi connectivity index (χ3v) is 5.20. The van der Waals surface area contributed by atoms with Gasteiger partial charge in [0, 0.05) is 24.2 Å². The quantitative estimate of drug-likeness (QED) is 0.515. The van der Waals surface area contributed by atoms with Gasteiger partial charge in [0.1, 0.15) is 24.6 Å². The number of hydrogen-bond donors (Lipinski definition) is 0. The Labute approximate surface area is 164 Å². The van der Waals surface area contributed by atoms with Crippen molar-refractivity contribution in [1.82, 2.24) is 34.6 Å². The second kappa shape index (κ2) is 6.87. The highest BCUT2D eigenvalue weighted by Gasteiger charge is 2.26. The molecule has 1 aliphatic carbocycles. The normalized spacial score (nSPS) is 14.3. The molecule has 3 heterocycles. The first kappa shape index (κ1) is 17.7. The van der Waals surface area contributed by atoms with Gasteiger partial charge in [-0.2, -0.15) is 9.61 Å². The number of halogens is 2. The average Bonchev–Trinajstić information content (AvgIpc) is 3.23. The molecular formula is C19H17F2N7O. The SMILES string of the molecule is Cn1ncnc1COc1nn2c(-c3cc(F)cc(F)c3)nnc2cc1C1CCC1. The molecule has 4 aromatic rings. The van der Waals surface area contributed by atoms with E-state index < -0.39 is 11.6 Å². The van der Waals surface area contributed by atoms with E-state index in [0.717, 1.165) is 30.9 Å². The fourth-order valence-corrected chi connectivity index (χ4v) is 3.40. The molecule has 1 saturated carbocycles. The van der Waals surface area contributed by atoms with Crippen LogP contribution >= 0.6 is 0 Å². The van der Waals surface area contributed by atoms with Crippen LogP contribution in [0.1, 0.15) is 36.6 Å². The highest BCUT2D eigenvalue weighted by Crippen LogP contribution is 2.40. The molecular weight excluding hydrogens is 380 g/mol. The highest BCUT2D eigenvalue weighted by molar-refractivity contribution is 5.60. The number of fused-ring (bicyclic) bond motifs is 1. The zero-order chi connectivity index (χ0) is 20.0. The van der Waals surface area contributed by atoms with Crippen LogP contribution in [-0.2, 0) is 13.7 Å². The van der Waals surface area contributed by atoms with Crippen molar-refractivity contribution in [3.05, 3.63) is 53.6 Å². The van der Waals surface area contributed by atoms with Crippen LogP contribution in [0.5, 0.6) is 5.88 Å². The Balaban J connectivity index is 1.58. The topological polar surface area (TPSA) is 83.0 Å². The van der Waals surface area contributed by atoms with Gasteiger partial charge in [0.25, 0.3) is 0 Å². The first-order valence-electron chi connectivity index (χ1n) is 9.27. The van der Waals surface area contributed by atoms with Gasteiger partial charge in [-0.05, 0) is 37.0 Å². The summed E-state index contributed by atoms with van der Waals surface area (Å²) in [6, 6.07) is 5.08. The van der Waals surface area contributed by atoms with Gasteiger partial charge in [0.2, 0.25) is 5.88 Å². The summed E-state index contributed by atoms with van der Waals surface area (Å²) in [5.74, 6) is 0.282. The van der Waals surface area contributed by atoms with E-state index in [1.807, 2.05) is 6.07 Å². The maximum Gasteiger partial charge on any atom is 0.235 e. The molecule has 3 aromatic heterocycles. The van der Waals surface area contributed by atoms with E-state index >= 15 is 0 Å². The van der Waals surface area contributed by atoms with E-state index in [2.05, 4.69) is 25.4 Å². The number of nitrogens with zero attached hydrogens (tertiary/aromatic N) is 7. The fraction of sp³-hybridized carbons (Fsp3) is 0.316. The van der Waals surface area contributed by atoms with E-state index in [9.17, 15) is 8.78 Å². The molecule has 0 bridgehead atoms. The molecule has 1 aromatic carbocycles. The Morgan fingerprint density at radius 3 is 2.55 bits per heavy atom. The maximum atomic E-state index is 13.7. The van der Waals surface area contributed by atoms with Gasteiger partial charge in [-0.25, -0.2) is 13.8 Å². The Kier molecular flexibility index (Phi) is 4.18. The Morgan fingerprint density at radius 1 is 1.10 bits per heavy atom. The Hall–Kier alpha value is -3.43. The minimum atomic E-state index is -0.693. The molecule has 1 aliphatic rings. The molecule has 8 nitrogen and oxygen atoms in total. The number of aromatic nitrogens is 7. The molecule has 0 radical (unpaired) electrons. The third-order valence-electron chi connectivity index (χ3n) is 5.20. The molecule has 0 atom stereocenters. The van der Waals surface area contributed by atoms with E-state index in [1.54, 1.807) is 11.7 Å². The smallest absolute Gasteiger partial charge is 0.235 e. The molecule has 10 heteroatoms. The lowest BCUT2D eigenvalue weighted by molar-refractivity contribution is 0.264. The zero-order valence-electron chi connectivity index (χ0n) is 15.6. The van der Waals surface area contributed by atoms with Crippen LogP contribution in [0.15, 0.2) is 30.6 Å². The standard InChI is InChI=1S/C19H17F2N7O/c1-27-17(22-10-23-27)9-29-19-15(11-3-2-4-11)8-16-24-25-18(28(16)26-19)12-5-13(20)7-14(21)6-12/h5-8,10-11H,2-4,9H2,1H3. The summed E-state index contributed by atoms with van der Waals surface area (Å²) in [6.07, 6.45) is 4.71. The molecule has 0 N–H and O–H groups in total. The average molecular weight is 397 g/mol. The first-order valence-corrected chi connectivity index (χ1v) is 9.27. The summed E-state index contributed by atoms with van der Waals surface area (Å²) in [6.45, 7) is 0.195. The van der Waals surface area contributed by atoms with Gasteiger partial charge in [0.05, 0.1) is 0 Å². The van der Waals surface area contributed by atoms with Crippen molar-refractivity contribution in [3.8, 4) is 17.3 Å². The van der Waals surface area contributed by atoms with Crippen LogP contribution in [0.2, 0.25) is 0 Å². The van der Waals surface area contributed by atoms with Gasteiger partial charge >= 0.3 is 0 Å². The minimum Gasteiger partial charge on any atom is -0.468 e. The lowest BCUT2D eigenvalue weighted by atomic mass is 9.80. The van der Waals surface area contributed by atoms with Crippen LogP contribution in [0.4, 0.5) is 8.78 Å². The van der Waals surface area contributed by atoms with Crippen molar-refractivity contribution in [2.45, 2.75) is 31.8 Å². The summed E-state index contributed by atoms with van der Waals surface area (Å²) in [4.78, 5) is 4.16. The number of rotatable bonds is 5. The predicted molar refractivity (Wildman–Crippen MR) is 98.1 cm³/mol. The Morgan fingerprint density at radius 2 is 1.90 bits per heavy atom. The van der Waals surface area contributed by atoms with E-state index in [4.69, 9.17) is 4.74 Å². The van der Waals surface area contributed by atoms with Crippen molar-refractivity contribution in [2.24, 2.45) is 7.05 Å². The number of benzene rings is 1. The monoisotopic (exact) mass is 397 g/mol. The number of aryl methyl sites for hydroxylation is 1. The lowest BCUT2D eigenvalue weighted by Gasteiger charge is -2.26. The van der Waals surface area contributed by atoms with Crippen LogP contribution in [0.25, 0.3) is 17.0 Å². The van der Waals surface area contributed by atoms with Crippen LogP contribution in [0, 0.1) is 11.6 Å². The molecule has 0 aliphatic heterocycles. The molecule has 148 valence electrons. The third kappa shape index (κ3) is 3.20. The van der Waals surface area contributed by atoms with Crippen molar-refractivity contribution >= 4 is 5.65 Å². The van der Waals surface area contributed by atoms with Crippen LogP contribution in [-0.4, -0.2) is 34.6 Å². The molecule has 0 amide bonds. The highest BCUT2D eigenvalue weighted by atomic mass is 19.1. The summed E-state index contributed by atoms with van der Waals surface area (Å²) >= 11 is 0. The predicted octanol–water partition coefficient (Wildman–Crippen LogP) is 3.04. The molecule has 0 spiro atoms. The van der Waals surface area contributed by atoms with Gasteiger partial charge in [-0.3, -0.25) is 4.68 Å². The first-order chi connectivity index (χ1) is 14.1. The summed E-state index contributed by atoms with van der Waals surface area (Å²) in [5, 5.41) is 16.8. The van der Waals surface area contributed by atoms with Gasteiger partial charge in [0.15, 0.2) is 17.3 Å². The second-order valence-electron chi connectivity index (χ2n) is 7.07. The van der Waals surface area contributed by atoms with Crippen molar-refractivity contribution in [2.75, 3.05) is 0 Å². The zero-order valence-corrected chi connectivity index (χ0v) is 15.6. The van der Waals surface area contributed by atoms with E-state index in [-0.39, 0.29) is 18.0 Å². The van der Waals surface area contributed by atoms with Crippen LogP contribution < -0.4 is 4.74 Å². The summed E-state index contributed by atoms with van der Waals surface area (Å²) in [7, 11) is 1.78. The van der Waals surface area contributed by atoms with Crippen molar-refractivity contribution in [3.63, 3.8) is 0 Å². The molecule has 0 unspecified atom stereocenters. The fourth-order valence-electron chi connectivity index (χ4n) is 3.40. The van der Waals surface area contributed by atoms with E-state index in [0.29, 0.717) is 23.3 Å². The largest absolute Gasteiger partial charge is 0.468 e. The molecule has 5 rings (SSSR count). The molecule has 0 saturated heterocycles. The van der Waals surface area contributed by atoms with Gasteiger partial charge < -0.3 is 4.74 Å². The minimum absolute atomic E-state index is 0.195. The number of ether oxygens (including phenoxy) is 1. The second-order valence-corrected chi connectivity index (χ2v) is 7.07. The van der Waals surface area contributed by atoms with Gasteiger partial charge in [-0.1, -0.05) is 6.42 Å². The molecule has 1 fully saturated rings. The summed E-state index contributed by atoms with van der Waals surface area (Å²) < 4.78 is 36.4. The van der Waals surface area contributed by atoms with E-state index in [1.165, 1.54) is 23.0 Å². The Bertz CT molecular complexity index is 1180. The van der Waals surface area contributed by atoms with Crippen molar-refractivity contribution < 1.29 is 13.5 Å². The van der Waals surface area contributed by atoms with Crippen molar-refractivity contribution in [1.29, 1.82) is 0 Å². The van der Waals surface area contributed by atoms with Gasteiger partial charge in [-0.15, -0.1) is 15.3 Å². The van der Waals surface area contributed by atoms with Crippen LogP contribution in [0.3, 0.4) is 0 Å². The maximum absolute atomic E-state index is 13.7. The lowest BCUT2D eigenvalue weighted by Crippen LogP contribution is -2.14.